The zero-order valence-corrected chi connectivity index (χ0v) is 13.6. The molecule has 0 fully saturated rings. The molecule has 2 aromatic carbocycles. The van der Waals surface area contributed by atoms with Gasteiger partial charge in [-0.25, -0.2) is 0 Å². The van der Waals surface area contributed by atoms with Crippen LogP contribution >= 0.6 is 0 Å². The second kappa shape index (κ2) is 7.45. The Morgan fingerprint density at radius 2 is 1.79 bits per heavy atom. The van der Waals surface area contributed by atoms with Crippen molar-refractivity contribution in [3.63, 3.8) is 0 Å². The van der Waals surface area contributed by atoms with E-state index in [1.54, 1.807) is 13.2 Å². The number of amides is 1. The summed E-state index contributed by atoms with van der Waals surface area (Å²) in [7, 11) is 2.89. The van der Waals surface area contributed by atoms with Crippen molar-refractivity contribution in [2.24, 2.45) is 0 Å². The summed E-state index contributed by atoms with van der Waals surface area (Å²) in [5, 5.41) is 13.9. The number of hydrogen-bond donors (Lipinski definition) is 1. The van der Waals surface area contributed by atoms with Crippen molar-refractivity contribution in [1.29, 1.82) is 0 Å². The first kappa shape index (κ1) is 17.3. The molecule has 1 amide bonds. The monoisotopic (exact) mass is 330 g/mol. The highest BCUT2D eigenvalue weighted by molar-refractivity contribution is 5.95. The minimum absolute atomic E-state index is 0.106. The quantitative estimate of drug-likeness (QED) is 0.649. The van der Waals surface area contributed by atoms with Crippen LogP contribution < -0.4 is 14.8 Å². The third-order valence-electron chi connectivity index (χ3n) is 3.59. The fourth-order valence-electron chi connectivity index (χ4n) is 2.36. The Labute approximate surface area is 139 Å². The largest absolute Gasteiger partial charge is 0.496 e. The van der Waals surface area contributed by atoms with Crippen LogP contribution in [0, 0.1) is 10.1 Å². The highest BCUT2D eigenvalue weighted by Gasteiger charge is 2.20. The van der Waals surface area contributed by atoms with Crippen molar-refractivity contribution in [1.82, 2.24) is 5.32 Å². The molecule has 2 rings (SSSR count). The Balaban J connectivity index is 2.23. The van der Waals surface area contributed by atoms with Crippen LogP contribution in [0.2, 0.25) is 0 Å². The van der Waals surface area contributed by atoms with Gasteiger partial charge in [-0.05, 0) is 25.1 Å². The zero-order valence-electron chi connectivity index (χ0n) is 13.6. The van der Waals surface area contributed by atoms with E-state index in [-0.39, 0.29) is 23.0 Å². The molecule has 24 heavy (non-hydrogen) atoms. The number of rotatable bonds is 6. The molecule has 0 aliphatic heterocycles. The molecule has 1 atom stereocenters. The van der Waals surface area contributed by atoms with Crippen molar-refractivity contribution in [3.05, 3.63) is 63.7 Å². The number of nitro groups is 1. The molecular weight excluding hydrogens is 312 g/mol. The molecule has 0 aliphatic rings. The average molecular weight is 330 g/mol. The number of carbonyl (C=O) groups is 1. The number of benzene rings is 2. The Morgan fingerprint density at radius 1 is 1.12 bits per heavy atom. The van der Waals surface area contributed by atoms with E-state index in [9.17, 15) is 14.9 Å². The van der Waals surface area contributed by atoms with Crippen LogP contribution in [0.15, 0.2) is 42.5 Å². The molecule has 0 radical (unpaired) electrons. The predicted molar refractivity (Wildman–Crippen MR) is 88.5 cm³/mol. The van der Waals surface area contributed by atoms with Gasteiger partial charge in [0.05, 0.1) is 25.2 Å². The molecule has 0 heterocycles. The number of nitro benzene ring substituents is 1. The predicted octanol–water partition coefficient (Wildman–Crippen LogP) is 3.10. The third kappa shape index (κ3) is 3.62. The summed E-state index contributed by atoms with van der Waals surface area (Å²) in [6.07, 6.45) is 0. The second-order valence-corrected chi connectivity index (χ2v) is 5.08. The van der Waals surface area contributed by atoms with E-state index in [0.29, 0.717) is 5.75 Å². The fourth-order valence-corrected chi connectivity index (χ4v) is 2.36. The molecule has 0 aromatic heterocycles. The molecule has 0 saturated carbocycles. The zero-order chi connectivity index (χ0) is 17.7. The summed E-state index contributed by atoms with van der Waals surface area (Å²) >= 11 is 0. The molecule has 0 aliphatic carbocycles. The van der Waals surface area contributed by atoms with Gasteiger partial charge in [-0.2, -0.15) is 0 Å². The first-order valence-corrected chi connectivity index (χ1v) is 7.24. The third-order valence-corrected chi connectivity index (χ3v) is 3.59. The lowest BCUT2D eigenvalue weighted by atomic mass is 10.1. The van der Waals surface area contributed by atoms with Gasteiger partial charge in [0, 0.05) is 17.2 Å². The molecule has 0 unspecified atom stereocenters. The van der Waals surface area contributed by atoms with Crippen molar-refractivity contribution in [2.45, 2.75) is 13.0 Å². The lowest BCUT2D eigenvalue weighted by Crippen LogP contribution is -2.27. The lowest BCUT2D eigenvalue weighted by Gasteiger charge is -2.17. The summed E-state index contributed by atoms with van der Waals surface area (Å²) in [6, 6.07) is 11.1. The molecule has 0 bridgehead atoms. The molecule has 2 aromatic rings. The summed E-state index contributed by atoms with van der Waals surface area (Å²) in [6.45, 7) is 1.81. The summed E-state index contributed by atoms with van der Waals surface area (Å²) in [4.78, 5) is 22.9. The topological polar surface area (TPSA) is 90.7 Å². The van der Waals surface area contributed by atoms with Gasteiger partial charge in [-0.1, -0.05) is 18.2 Å². The van der Waals surface area contributed by atoms with Crippen LogP contribution in [-0.4, -0.2) is 25.1 Å². The minimum atomic E-state index is -0.584. The van der Waals surface area contributed by atoms with Crippen LogP contribution in [0.4, 0.5) is 5.69 Å². The van der Waals surface area contributed by atoms with Crippen LogP contribution in [-0.2, 0) is 0 Å². The maximum atomic E-state index is 12.4. The van der Waals surface area contributed by atoms with Crippen LogP contribution in [0.1, 0.15) is 28.9 Å². The Hall–Kier alpha value is -3.09. The van der Waals surface area contributed by atoms with Gasteiger partial charge in [0.1, 0.15) is 5.75 Å². The van der Waals surface area contributed by atoms with Gasteiger partial charge >= 0.3 is 5.69 Å². The second-order valence-electron chi connectivity index (χ2n) is 5.08. The van der Waals surface area contributed by atoms with Crippen LogP contribution in [0.25, 0.3) is 0 Å². The van der Waals surface area contributed by atoms with Gasteiger partial charge in [-0.15, -0.1) is 0 Å². The summed E-state index contributed by atoms with van der Waals surface area (Å²) in [5.41, 5.74) is 0.746. The van der Waals surface area contributed by atoms with Gasteiger partial charge < -0.3 is 14.8 Å². The number of methoxy groups -OCH3 is 2. The fraction of sp³-hybridized carbons (Fsp3) is 0.235. The van der Waals surface area contributed by atoms with E-state index in [2.05, 4.69) is 5.32 Å². The number of nitrogens with zero attached hydrogens (tertiary/aromatic N) is 1. The Kier molecular flexibility index (Phi) is 5.36. The van der Waals surface area contributed by atoms with Gasteiger partial charge in [0.15, 0.2) is 5.75 Å². The Bertz CT molecular complexity index is 760. The van der Waals surface area contributed by atoms with Gasteiger partial charge in [-0.3, -0.25) is 14.9 Å². The average Bonchev–Trinajstić information content (AvgIpc) is 2.60. The Morgan fingerprint density at radius 3 is 2.42 bits per heavy atom. The van der Waals surface area contributed by atoms with Crippen molar-refractivity contribution in [2.75, 3.05) is 14.2 Å². The summed E-state index contributed by atoms with van der Waals surface area (Å²) < 4.78 is 10.2. The maximum Gasteiger partial charge on any atom is 0.311 e. The van der Waals surface area contributed by atoms with E-state index in [1.165, 1.54) is 25.3 Å². The molecule has 7 heteroatoms. The molecule has 1 N–H and O–H groups in total. The summed E-state index contributed by atoms with van der Waals surface area (Å²) in [5.74, 6) is 0.347. The van der Waals surface area contributed by atoms with E-state index in [0.717, 1.165) is 5.56 Å². The number of carbonyl (C=O) groups excluding carboxylic acids is 1. The lowest BCUT2D eigenvalue weighted by molar-refractivity contribution is -0.385. The minimum Gasteiger partial charge on any atom is -0.496 e. The van der Waals surface area contributed by atoms with Crippen molar-refractivity contribution < 1.29 is 19.2 Å². The van der Waals surface area contributed by atoms with E-state index in [4.69, 9.17) is 9.47 Å². The highest BCUT2D eigenvalue weighted by atomic mass is 16.6. The van der Waals surface area contributed by atoms with Crippen molar-refractivity contribution in [3.8, 4) is 11.5 Å². The van der Waals surface area contributed by atoms with E-state index in [1.807, 2.05) is 25.1 Å². The molecule has 126 valence electrons. The standard InChI is InChI=1S/C17H18N2O5/c1-11(13-6-4-5-7-15(13)23-2)18-17(20)12-8-9-16(24-3)14(10-12)19(21)22/h4-11H,1-3H3,(H,18,20)/t11-/m1/s1. The van der Waals surface area contributed by atoms with Gasteiger partial charge in [0.2, 0.25) is 0 Å². The van der Waals surface area contributed by atoms with Crippen LogP contribution in [0.3, 0.4) is 0 Å². The molecule has 7 nitrogen and oxygen atoms in total. The molecule has 0 saturated heterocycles. The number of hydrogen-bond acceptors (Lipinski definition) is 5. The first-order chi connectivity index (χ1) is 11.5. The van der Waals surface area contributed by atoms with Crippen molar-refractivity contribution >= 4 is 11.6 Å². The molecular formula is C17H18N2O5. The molecule has 0 spiro atoms. The normalized spacial score (nSPS) is 11.5. The highest BCUT2D eigenvalue weighted by Crippen LogP contribution is 2.28. The van der Waals surface area contributed by atoms with E-state index < -0.39 is 10.8 Å². The van der Waals surface area contributed by atoms with Gasteiger partial charge in [0.25, 0.3) is 5.91 Å². The maximum absolute atomic E-state index is 12.4. The number of para-hydroxylation sites is 1. The smallest absolute Gasteiger partial charge is 0.311 e. The first-order valence-electron chi connectivity index (χ1n) is 7.24. The number of nitrogens with one attached hydrogen (secondary N) is 1. The number of ether oxygens (including phenoxy) is 2. The van der Waals surface area contributed by atoms with E-state index >= 15 is 0 Å². The SMILES string of the molecule is COc1ccccc1[C@@H](C)NC(=O)c1ccc(OC)c([N+](=O)[O-])c1. The van der Waals surface area contributed by atoms with Crippen LogP contribution in [0.5, 0.6) is 11.5 Å².